The van der Waals surface area contributed by atoms with Gasteiger partial charge in [-0.05, 0) is 49.5 Å². The van der Waals surface area contributed by atoms with Gasteiger partial charge in [0.05, 0.1) is 5.56 Å². The molecule has 3 rings (SSSR count). The van der Waals surface area contributed by atoms with Crippen LogP contribution in [0.3, 0.4) is 0 Å². The van der Waals surface area contributed by atoms with Gasteiger partial charge < -0.3 is 11.1 Å². The van der Waals surface area contributed by atoms with Crippen LogP contribution in [0.2, 0.25) is 0 Å². The van der Waals surface area contributed by atoms with E-state index in [1.807, 2.05) is 5.38 Å². The van der Waals surface area contributed by atoms with E-state index in [-0.39, 0.29) is 11.9 Å². The number of fused-ring (bicyclic) bond motifs is 1. The Bertz CT molecular complexity index is 478. The van der Waals surface area contributed by atoms with Crippen molar-refractivity contribution in [3.8, 4) is 0 Å². The van der Waals surface area contributed by atoms with Crippen molar-refractivity contribution in [1.82, 2.24) is 5.32 Å². The third-order valence-electron chi connectivity index (χ3n) is 4.41. The molecule has 0 saturated heterocycles. The van der Waals surface area contributed by atoms with Gasteiger partial charge >= 0.3 is 0 Å². The van der Waals surface area contributed by atoms with Crippen molar-refractivity contribution in [3.63, 3.8) is 0 Å². The van der Waals surface area contributed by atoms with Crippen LogP contribution >= 0.6 is 11.3 Å². The standard InChI is InChI=1S/C15H22N2OS/c1-9-2-5-11-12(8-19-14(11)6-9)15(18)17-13(7-16)10-3-4-10/h8-10,13H,2-7,16H2,1H3,(H,17,18). The Morgan fingerprint density at radius 3 is 3.00 bits per heavy atom. The molecule has 1 saturated carbocycles. The average Bonchev–Trinajstić information content (AvgIpc) is 3.15. The highest BCUT2D eigenvalue weighted by atomic mass is 32.1. The minimum Gasteiger partial charge on any atom is -0.348 e. The molecule has 1 aromatic heterocycles. The van der Waals surface area contributed by atoms with Crippen molar-refractivity contribution < 1.29 is 4.79 Å². The van der Waals surface area contributed by atoms with Crippen molar-refractivity contribution in [2.75, 3.05) is 6.54 Å². The second kappa shape index (κ2) is 5.25. The molecule has 0 spiro atoms. The van der Waals surface area contributed by atoms with Crippen LogP contribution in [0.15, 0.2) is 5.38 Å². The summed E-state index contributed by atoms with van der Waals surface area (Å²) in [6.45, 7) is 2.85. The van der Waals surface area contributed by atoms with Gasteiger partial charge in [0.25, 0.3) is 5.91 Å². The molecule has 2 aliphatic carbocycles. The highest BCUT2D eigenvalue weighted by molar-refractivity contribution is 7.10. The quantitative estimate of drug-likeness (QED) is 0.888. The first-order chi connectivity index (χ1) is 9.19. The van der Waals surface area contributed by atoms with Crippen LogP contribution in [0.25, 0.3) is 0 Å². The normalized spacial score (nSPS) is 23.8. The molecule has 19 heavy (non-hydrogen) atoms. The summed E-state index contributed by atoms with van der Waals surface area (Å²) in [4.78, 5) is 13.8. The minimum atomic E-state index is 0.0920. The van der Waals surface area contributed by atoms with E-state index in [1.165, 1.54) is 29.7 Å². The molecular weight excluding hydrogens is 256 g/mol. The Morgan fingerprint density at radius 2 is 2.32 bits per heavy atom. The molecule has 4 heteroatoms. The summed E-state index contributed by atoms with van der Waals surface area (Å²) in [5.74, 6) is 1.46. The lowest BCUT2D eigenvalue weighted by Crippen LogP contribution is -2.42. The lowest BCUT2D eigenvalue weighted by atomic mass is 9.88. The number of rotatable bonds is 4. The van der Waals surface area contributed by atoms with Crippen molar-refractivity contribution >= 4 is 17.2 Å². The van der Waals surface area contributed by atoms with Gasteiger partial charge in [0.1, 0.15) is 0 Å². The summed E-state index contributed by atoms with van der Waals surface area (Å²) in [6, 6.07) is 0.172. The summed E-state index contributed by atoms with van der Waals surface area (Å²) >= 11 is 1.75. The predicted octanol–water partition coefficient (Wildman–Crippen LogP) is 2.34. The molecule has 3 N–H and O–H groups in total. The maximum absolute atomic E-state index is 12.4. The predicted molar refractivity (Wildman–Crippen MR) is 78.5 cm³/mol. The zero-order valence-corrected chi connectivity index (χ0v) is 12.3. The second-order valence-corrected chi connectivity index (χ2v) is 7.02. The summed E-state index contributed by atoms with van der Waals surface area (Å²) in [5.41, 5.74) is 7.97. The maximum Gasteiger partial charge on any atom is 0.252 e. The van der Waals surface area contributed by atoms with Gasteiger partial charge in [0.15, 0.2) is 0 Å². The van der Waals surface area contributed by atoms with E-state index < -0.39 is 0 Å². The van der Waals surface area contributed by atoms with E-state index in [2.05, 4.69) is 12.2 Å². The fraction of sp³-hybridized carbons (Fsp3) is 0.667. The monoisotopic (exact) mass is 278 g/mol. The van der Waals surface area contributed by atoms with Crippen LogP contribution in [-0.4, -0.2) is 18.5 Å². The van der Waals surface area contributed by atoms with Crippen molar-refractivity contribution in [2.45, 2.75) is 45.1 Å². The van der Waals surface area contributed by atoms with Gasteiger partial charge in [-0.15, -0.1) is 11.3 Å². The number of hydrogen-bond acceptors (Lipinski definition) is 3. The minimum absolute atomic E-state index is 0.0920. The van der Waals surface area contributed by atoms with Gasteiger partial charge in [0.2, 0.25) is 0 Å². The number of carbonyl (C=O) groups is 1. The van der Waals surface area contributed by atoms with Gasteiger partial charge in [-0.2, -0.15) is 0 Å². The van der Waals surface area contributed by atoms with Gasteiger partial charge in [0, 0.05) is 22.8 Å². The summed E-state index contributed by atoms with van der Waals surface area (Å²) < 4.78 is 0. The van der Waals surface area contributed by atoms with E-state index in [1.54, 1.807) is 11.3 Å². The summed E-state index contributed by atoms with van der Waals surface area (Å²) in [6.07, 6.45) is 5.81. The largest absolute Gasteiger partial charge is 0.348 e. The molecule has 2 aliphatic rings. The van der Waals surface area contributed by atoms with E-state index in [9.17, 15) is 4.79 Å². The Kier molecular flexibility index (Phi) is 3.63. The first-order valence-electron chi connectivity index (χ1n) is 7.29. The van der Waals surface area contributed by atoms with E-state index >= 15 is 0 Å². The molecule has 0 aromatic carbocycles. The van der Waals surface area contributed by atoms with Gasteiger partial charge in [-0.1, -0.05) is 6.92 Å². The van der Waals surface area contributed by atoms with E-state index in [0.717, 1.165) is 24.3 Å². The van der Waals surface area contributed by atoms with Crippen LogP contribution in [0.1, 0.15) is 47.0 Å². The Labute approximate surface area is 118 Å². The van der Waals surface area contributed by atoms with E-state index in [4.69, 9.17) is 5.73 Å². The molecule has 2 atom stereocenters. The maximum atomic E-state index is 12.4. The van der Waals surface area contributed by atoms with Gasteiger partial charge in [-0.3, -0.25) is 4.79 Å². The molecule has 0 radical (unpaired) electrons. The summed E-state index contributed by atoms with van der Waals surface area (Å²) in [5, 5.41) is 5.18. The SMILES string of the molecule is CC1CCc2c(C(=O)NC(CN)C3CC3)csc2C1. The molecule has 1 aromatic rings. The van der Waals surface area contributed by atoms with Crippen LogP contribution < -0.4 is 11.1 Å². The smallest absolute Gasteiger partial charge is 0.252 e. The number of carbonyl (C=O) groups excluding carboxylic acids is 1. The second-order valence-electron chi connectivity index (χ2n) is 6.05. The molecule has 2 unspecified atom stereocenters. The zero-order valence-electron chi connectivity index (χ0n) is 11.4. The number of nitrogens with two attached hydrogens (primary N) is 1. The molecule has 3 nitrogen and oxygen atoms in total. The fourth-order valence-electron chi connectivity index (χ4n) is 2.98. The number of nitrogens with one attached hydrogen (secondary N) is 1. The first-order valence-corrected chi connectivity index (χ1v) is 8.17. The zero-order chi connectivity index (χ0) is 13.4. The first kappa shape index (κ1) is 13.1. The molecule has 1 amide bonds. The van der Waals surface area contributed by atoms with Crippen LogP contribution in [-0.2, 0) is 12.8 Å². The van der Waals surface area contributed by atoms with Crippen molar-refractivity contribution in [1.29, 1.82) is 0 Å². The third kappa shape index (κ3) is 2.70. The fourth-order valence-corrected chi connectivity index (χ4v) is 4.23. The van der Waals surface area contributed by atoms with Crippen LogP contribution in [0.5, 0.6) is 0 Å². The third-order valence-corrected chi connectivity index (χ3v) is 5.46. The molecule has 0 aliphatic heterocycles. The average molecular weight is 278 g/mol. The lowest BCUT2D eigenvalue weighted by molar-refractivity contribution is 0.0932. The lowest BCUT2D eigenvalue weighted by Gasteiger charge is -2.20. The Morgan fingerprint density at radius 1 is 1.53 bits per heavy atom. The molecule has 1 heterocycles. The molecule has 1 fully saturated rings. The Balaban J connectivity index is 1.73. The van der Waals surface area contributed by atoms with Crippen molar-refractivity contribution in [2.24, 2.45) is 17.6 Å². The molecular formula is C15H22N2OS. The van der Waals surface area contributed by atoms with Gasteiger partial charge in [-0.25, -0.2) is 0 Å². The Hall–Kier alpha value is -0.870. The molecule has 0 bridgehead atoms. The van der Waals surface area contributed by atoms with Crippen LogP contribution in [0.4, 0.5) is 0 Å². The van der Waals surface area contributed by atoms with Crippen molar-refractivity contribution in [3.05, 3.63) is 21.4 Å². The highest BCUT2D eigenvalue weighted by Crippen LogP contribution is 2.34. The van der Waals surface area contributed by atoms with Crippen LogP contribution in [0, 0.1) is 11.8 Å². The number of hydrogen-bond donors (Lipinski definition) is 2. The number of amides is 1. The van der Waals surface area contributed by atoms with E-state index in [0.29, 0.717) is 12.5 Å². The number of thiophene rings is 1. The highest BCUT2D eigenvalue weighted by Gasteiger charge is 2.32. The summed E-state index contributed by atoms with van der Waals surface area (Å²) in [7, 11) is 0. The topological polar surface area (TPSA) is 55.1 Å². The molecule has 104 valence electrons.